The normalized spacial score (nSPS) is 10.8. The molecular weight excluding hydrogens is 376 g/mol. The van der Waals surface area contributed by atoms with Gasteiger partial charge in [-0.15, -0.1) is 0 Å². The van der Waals surface area contributed by atoms with Crippen LogP contribution in [0.25, 0.3) is 22.2 Å². The summed E-state index contributed by atoms with van der Waals surface area (Å²) in [6, 6.07) is 21.8. The zero-order chi connectivity index (χ0) is 20.8. The van der Waals surface area contributed by atoms with Gasteiger partial charge in [0.2, 0.25) is 0 Å². The van der Waals surface area contributed by atoms with Gasteiger partial charge in [0.1, 0.15) is 18.2 Å². The van der Waals surface area contributed by atoms with Crippen molar-refractivity contribution in [3.8, 4) is 17.0 Å². The van der Waals surface area contributed by atoms with Crippen LogP contribution >= 0.6 is 0 Å². The van der Waals surface area contributed by atoms with Crippen molar-refractivity contribution in [3.05, 3.63) is 78.5 Å². The lowest BCUT2D eigenvalue weighted by atomic mass is 10.1. The number of nitrogens with two attached hydrogens (primary N) is 1. The number of aromatic nitrogens is 2. The van der Waals surface area contributed by atoms with E-state index >= 15 is 0 Å². The van der Waals surface area contributed by atoms with Gasteiger partial charge in [0, 0.05) is 30.8 Å². The second-order valence-electron chi connectivity index (χ2n) is 6.89. The van der Waals surface area contributed by atoms with Gasteiger partial charge in [-0.2, -0.15) is 0 Å². The Balaban J connectivity index is 1.51. The van der Waals surface area contributed by atoms with Gasteiger partial charge in [0.15, 0.2) is 0 Å². The number of fused-ring (bicyclic) bond motifs is 1. The molecule has 0 spiro atoms. The molecule has 3 N–H and O–H groups in total. The van der Waals surface area contributed by atoms with Crippen LogP contribution in [0, 0.1) is 0 Å². The Hall–Kier alpha value is -3.64. The molecule has 0 aliphatic rings. The fourth-order valence-corrected chi connectivity index (χ4v) is 3.18. The molecule has 0 unspecified atom stereocenters. The number of benzene rings is 2. The van der Waals surface area contributed by atoms with Crippen LogP contribution in [0.15, 0.2) is 72.9 Å². The van der Waals surface area contributed by atoms with Gasteiger partial charge >= 0.3 is 0 Å². The summed E-state index contributed by atoms with van der Waals surface area (Å²) in [6.07, 6.45) is 1.80. The van der Waals surface area contributed by atoms with Gasteiger partial charge in [-0.05, 0) is 48.0 Å². The molecule has 30 heavy (non-hydrogen) atoms. The van der Waals surface area contributed by atoms with Crippen LogP contribution in [0.4, 0.5) is 11.5 Å². The first-order valence-electron chi connectivity index (χ1n) is 9.79. The molecule has 4 aromatic rings. The van der Waals surface area contributed by atoms with Crippen molar-refractivity contribution < 1.29 is 9.47 Å². The quantitative estimate of drug-likeness (QED) is 0.423. The molecule has 4 rings (SSSR count). The minimum atomic E-state index is 0.503. The molecule has 0 amide bonds. The van der Waals surface area contributed by atoms with Crippen molar-refractivity contribution >= 4 is 22.4 Å². The van der Waals surface area contributed by atoms with E-state index in [1.54, 1.807) is 13.3 Å². The molecule has 2 heterocycles. The van der Waals surface area contributed by atoms with Crippen molar-refractivity contribution in [1.82, 2.24) is 9.97 Å². The molecular formula is C24H24N4O2. The highest BCUT2D eigenvalue weighted by atomic mass is 16.5. The van der Waals surface area contributed by atoms with E-state index in [-0.39, 0.29) is 0 Å². The SMILES string of the molecule is COCCOc1cccc(-c2ccc(N)c(NCc3ccc4ncccc4c3)n2)c1. The third kappa shape index (κ3) is 4.67. The van der Waals surface area contributed by atoms with Gasteiger partial charge in [0.25, 0.3) is 0 Å². The maximum absolute atomic E-state index is 6.16. The maximum atomic E-state index is 6.16. The second-order valence-corrected chi connectivity index (χ2v) is 6.89. The lowest BCUT2D eigenvalue weighted by Gasteiger charge is -2.12. The van der Waals surface area contributed by atoms with E-state index < -0.39 is 0 Å². The molecule has 0 fully saturated rings. The third-order valence-electron chi connectivity index (χ3n) is 4.74. The van der Waals surface area contributed by atoms with Crippen LogP contribution in [-0.4, -0.2) is 30.3 Å². The molecule has 6 nitrogen and oxygen atoms in total. The average molecular weight is 400 g/mol. The molecule has 0 atom stereocenters. The van der Waals surface area contributed by atoms with E-state index in [9.17, 15) is 0 Å². The number of hydrogen-bond acceptors (Lipinski definition) is 6. The molecule has 6 heteroatoms. The Morgan fingerprint density at radius 3 is 2.80 bits per heavy atom. The monoisotopic (exact) mass is 400 g/mol. The van der Waals surface area contributed by atoms with E-state index in [2.05, 4.69) is 28.5 Å². The predicted molar refractivity (Wildman–Crippen MR) is 121 cm³/mol. The van der Waals surface area contributed by atoms with Crippen LogP contribution in [0.2, 0.25) is 0 Å². The lowest BCUT2D eigenvalue weighted by molar-refractivity contribution is 0.146. The van der Waals surface area contributed by atoms with Crippen LogP contribution in [0.3, 0.4) is 0 Å². The van der Waals surface area contributed by atoms with Gasteiger partial charge in [-0.25, -0.2) is 4.98 Å². The summed E-state index contributed by atoms with van der Waals surface area (Å²) >= 11 is 0. The molecule has 0 bridgehead atoms. The molecule has 2 aromatic carbocycles. The number of pyridine rings is 2. The van der Waals surface area contributed by atoms with Gasteiger partial charge < -0.3 is 20.5 Å². The summed E-state index contributed by atoms with van der Waals surface area (Å²) in [4.78, 5) is 9.09. The third-order valence-corrected chi connectivity index (χ3v) is 4.74. The van der Waals surface area contributed by atoms with Gasteiger partial charge in [-0.1, -0.05) is 24.3 Å². The minimum absolute atomic E-state index is 0.503. The zero-order valence-electron chi connectivity index (χ0n) is 16.8. The Morgan fingerprint density at radius 2 is 1.90 bits per heavy atom. The highest BCUT2D eigenvalue weighted by Gasteiger charge is 2.07. The van der Waals surface area contributed by atoms with Crippen LogP contribution < -0.4 is 15.8 Å². The van der Waals surface area contributed by atoms with Gasteiger partial charge in [-0.3, -0.25) is 4.98 Å². The fraction of sp³-hybridized carbons (Fsp3) is 0.167. The molecule has 0 saturated carbocycles. The second kappa shape index (κ2) is 9.24. The number of hydrogen-bond donors (Lipinski definition) is 2. The highest BCUT2D eigenvalue weighted by molar-refractivity contribution is 5.79. The van der Waals surface area contributed by atoms with Crippen molar-refractivity contribution in [1.29, 1.82) is 0 Å². The van der Waals surface area contributed by atoms with E-state index in [0.717, 1.165) is 33.5 Å². The summed E-state index contributed by atoms with van der Waals surface area (Å²) in [5.74, 6) is 1.44. The van der Waals surface area contributed by atoms with E-state index in [4.69, 9.17) is 20.2 Å². The number of ether oxygens (including phenoxy) is 2. The molecule has 0 radical (unpaired) electrons. The summed E-state index contributed by atoms with van der Waals surface area (Å²) in [5.41, 5.74) is 10.7. The topological polar surface area (TPSA) is 82.3 Å². The maximum Gasteiger partial charge on any atom is 0.150 e. The summed E-state index contributed by atoms with van der Waals surface area (Å²) < 4.78 is 10.7. The van der Waals surface area contributed by atoms with Crippen LogP contribution in [0.1, 0.15) is 5.56 Å². The number of nitrogens with one attached hydrogen (secondary N) is 1. The number of anilines is 2. The number of methoxy groups -OCH3 is 1. The predicted octanol–water partition coefficient (Wildman–Crippen LogP) is 4.52. The largest absolute Gasteiger partial charge is 0.491 e. The number of rotatable bonds is 8. The van der Waals surface area contributed by atoms with Crippen LogP contribution in [-0.2, 0) is 11.3 Å². The zero-order valence-corrected chi connectivity index (χ0v) is 16.8. The lowest BCUT2D eigenvalue weighted by Crippen LogP contribution is -2.06. The number of nitrogen functional groups attached to an aromatic ring is 1. The first-order chi connectivity index (χ1) is 14.7. The molecule has 0 aliphatic carbocycles. The average Bonchev–Trinajstić information content (AvgIpc) is 2.79. The van der Waals surface area contributed by atoms with E-state index in [1.807, 2.05) is 48.5 Å². The first-order valence-corrected chi connectivity index (χ1v) is 9.79. The Morgan fingerprint density at radius 1 is 0.967 bits per heavy atom. The molecule has 2 aromatic heterocycles. The Bertz CT molecular complexity index is 1150. The molecule has 152 valence electrons. The highest BCUT2D eigenvalue weighted by Crippen LogP contribution is 2.26. The van der Waals surface area contributed by atoms with E-state index in [0.29, 0.717) is 31.3 Å². The Kier molecular flexibility index (Phi) is 6.06. The summed E-state index contributed by atoms with van der Waals surface area (Å²) in [7, 11) is 1.65. The van der Waals surface area contributed by atoms with Crippen molar-refractivity contribution in [3.63, 3.8) is 0 Å². The summed E-state index contributed by atoms with van der Waals surface area (Å²) in [6.45, 7) is 1.66. The number of nitrogens with zero attached hydrogens (tertiary/aromatic N) is 2. The molecule has 0 saturated heterocycles. The van der Waals surface area contributed by atoms with Crippen molar-refractivity contribution in [2.75, 3.05) is 31.4 Å². The smallest absolute Gasteiger partial charge is 0.150 e. The summed E-state index contributed by atoms with van der Waals surface area (Å²) in [5, 5.41) is 4.46. The Labute approximate surface area is 175 Å². The molecule has 0 aliphatic heterocycles. The van der Waals surface area contributed by atoms with E-state index in [1.165, 1.54) is 0 Å². The first kappa shape index (κ1) is 19.7. The standard InChI is InChI=1S/C24H24N4O2/c1-29-12-13-30-20-6-2-4-19(15-20)23-10-8-21(25)24(28-23)27-16-17-7-9-22-18(14-17)5-3-11-26-22/h2-11,14-15H,12-13,16,25H2,1H3,(H,27,28). The van der Waals surface area contributed by atoms with Crippen LogP contribution in [0.5, 0.6) is 5.75 Å². The van der Waals surface area contributed by atoms with Crippen molar-refractivity contribution in [2.45, 2.75) is 6.54 Å². The fourth-order valence-electron chi connectivity index (χ4n) is 3.18. The van der Waals surface area contributed by atoms with Gasteiger partial charge in [0.05, 0.1) is 23.5 Å². The minimum Gasteiger partial charge on any atom is -0.491 e. The van der Waals surface area contributed by atoms with Crippen molar-refractivity contribution in [2.24, 2.45) is 0 Å².